The van der Waals surface area contributed by atoms with Crippen LogP contribution < -0.4 is 10.9 Å². The van der Waals surface area contributed by atoms with Gasteiger partial charge in [0, 0.05) is 30.0 Å². The van der Waals surface area contributed by atoms with Crippen LogP contribution in [0.2, 0.25) is 0 Å². The summed E-state index contributed by atoms with van der Waals surface area (Å²) in [6.07, 6.45) is 1.30. The number of aliphatic hydroxyl groups excluding tert-OH is 1. The first-order chi connectivity index (χ1) is 15.2. The lowest BCUT2D eigenvalue weighted by Crippen LogP contribution is -2.40. The molecule has 0 bridgehead atoms. The molecule has 170 valence electrons. The van der Waals surface area contributed by atoms with Gasteiger partial charge in [-0.15, -0.1) is 11.3 Å². The van der Waals surface area contributed by atoms with Gasteiger partial charge in [0.25, 0.3) is 11.5 Å². The van der Waals surface area contributed by atoms with Gasteiger partial charge in [-0.3, -0.25) is 14.4 Å². The Morgan fingerprint density at radius 3 is 2.62 bits per heavy atom. The predicted octanol–water partition coefficient (Wildman–Crippen LogP) is 1.18. The number of aliphatic hydroxyl groups is 1. The number of hydrogen-bond donors (Lipinski definition) is 6. The first-order valence-electron chi connectivity index (χ1n) is 9.75. The summed E-state index contributed by atoms with van der Waals surface area (Å²) in [4.78, 5) is 57.9. The number of nitrogens with one attached hydrogen (secondary N) is 3. The van der Waals surface area contributed by atoms with E-state index in [-0.39, 0.29) is 29.9 Å². The van der Waals surface area contributed by atoms with Gasteiger partial charge in [0.1, 0.15) is 17.5 Å². The van der Waals surface area contributed by atoms with E-state index >= 15 is 0 Å². The fourth-order valence-corrected chi connectivity index (χ4v) is 4.51. The van der Waals surface area contributed by atoms with Crippen molar-refractivity contribution >= 4 is 40.2 Å². The molecule has 0 aromatic carbocycles. The SMILES string of the molecule is Cc1nc2[nH]cc(C(CCO)c3ccc(C(=O)N[C@@H](CCC(=O)O)C(=O)O)s3)c2c(=O)[nH]1. The molecule has 12 heteroatoms. The zero-order valence-corrected chi connectivity index (χ0v) is 17.9. The van der Waals surface area contributed by atoms with E-state index in [0.717, 1.165) is 11.3 Å². The number of H-pyrrole nitrogens is 2. The van der Waals surface area contributed by atoms with Gasteiger partial charge in [0.15, 0.2) is 0 Å². The molecule has 0 saturated heterocycles. The highest BCUT2D eigenvalue weighted by molar-refractivity contribution is 7.14. The molecule has 1 amide bonds. The smallest absolute Gasteiger partial charge is 0.326 e. The lowest BCUT2D eigenvalue weighted by atomic mass is 9.95. The van der Waals surface area contributed by atoms with Gasteiger partial charge in [-0.25, -0.2) is 9.78 Å². The zero-order chi connectivity index (χ0) is 23.4. The number of thiophene rings is 1. The second-order valence-corrected chi connectivity index (χ2v) is 8.30. The molecule has 0 aliphatic rings. The highest BCUT2D eigenvalue weighted by atomic mass is 32.1. The van der Waals surface area contributed by atoms with Gasteiger partial charge >= 0.3 is 11.9 Å². The van der Waals surface area contributed by atoms with Crippen LogP contribution >= 0.6 is 11.3 Å². The summed E-state index contributed by atoms with van der Waals surface area (Å²) in [5, 5.41) is 30.3. The van der Waals surface area contributed by atoms with Crippen LogP contribution in [0.1, 0.15) is 51.1 Å². The molecule has 2 atom stereocenters. The molecule has 0 aliphatic heterocycles. The summed E-state index contributed by atoms with van der Waals surface area (Å²) in [5.74, 6) is -3.06. The van der Waals surface area contributed by atoms with Crippen LogP contribution in [0.4, 0.5) is 0 Å². The minimum absolute atomic E-state index is 0.162. The standard InChI is InChI=1S/C20H22N4O7S/c1-9-22-17-16(19(29)23-9)11(8-21-17)10(6-7-25)13-3-4-14(32-13)18(28)24-12(20(30)31)2-5-15(26)27/h3-4,8,10,12,25H,2,5-7H2,1H3,(H,24,28)(H,26,27)(H,30,31)(H2,21,22,23,29)/t10?,12-/m0/s1. The Balaban J connectivity index is 1.87. The van der Waals surface area contributed by atoms with E-state index in [9.17, 15) is 29.4 Å². The van der Waals surface area contributed by atoms with E-state index in [0.29, 0.717) is 27.3 Å². The van der Waals surface area contributed by atoms with Crippen molar-refractivity contribution in [1.29, 1.82) is 0 Å². The minimum Gasteiger partial charge on any atom is -0.481 e. The summed E-state index contributed by atoms with van der Waals surface area (Å²) >= 11 is 1.10. The lowest BCUT2D eigenvalue weighted by Gasteiger charge is -2.14. The molecular formula is C20H22N4O7S. The Morgan fingerprint density at radius 1 is 1.22 bits per heavy atom. The molecular weight excluding hydrogens is 440 g/mol. The summed E-state index contributed by atoms with van der Waals surface area (Å²) < 4.78 is 0. The molecule has 3 aromatic rings. The number of aliphatic carboxylic acids is 2. The minimum atomic E-state index is -1.33. The summed E-state index contributed by atoms with van der Waals surface area (Å²) in [6, 6.07) is 1.87. The maximum atomic E-state index is 12.6. The fourth-order valence-electron chi connectivity index (χ4n) is 3.45. The van der Waals surface area contributed by atoms with Crippen LogP contribution in [-0.4, -0.2) is 60.8 Å². The second kappa shape index (κ2) is 9.75. The van der Waals surface area contributed by atoms with Gasteiger partial charge in [-0.1, -0.05) is 0 Å². The molecule has 0 aliphatic carbocycles. The molecule has 0 saturated carbocycles. The first kappa shape index (κ1) is 23.2. The van der Waals surface area contributed by atoms with Crippen molar-refractivity contribution in [3.63, 3.8) is 0 Å². The largest absolute Gasteiger partial charge is 0.481 e. The highest BCUT2D eigenvalue weighted by Crippen LogP contribution is 2.35. The average Bonchev–Trinajstić information content (AvgIpc) is 3.36. The van der Waals surface area contributed by atoms with Gasteiger partial charge in [-0.2, -0.15) is 0 Å². The van der Waals surface area contributed by atoms with E-state index in [1.54, 1.807) is 19.2 Å². The Hall–Kier alpha value is -3.51. The number of fused-ring (bicyclic) bond motifs is 1. The van der Waals surface area contributed by atoms with Crippen LogP contribution in [0.25, 0.3) is 11.0 Å². The van der Waals surface area contributed by atoms with Crippen LogP contribution in [0.3, 0.4) is 0 Å². The molecule has 6 N–H and O–H groups in total. The van der Waals surface area contributed by atoms with Crippen molar-refractivity contribution in [3.8, 4) is 0 Å². The lowest BCUT2D eigenvalue weighted by molar-refractivity contribution is -0.140. The number of carbonyl (C=O) groups excluding carboxylic acids is 1. The number of rotatable bonds is 10. The average molecular weight is 462 g/mol. The molecule has 1 unspecified atom stereocenters. The number of aryl methyl sites for hydroxylation is 1. The number of carboxylic acid groups (broad SMARTS) is 2. The maximum Gasteiger partial charge on any atom is 0.326 e. The van der Waals surface area contributed by atoms with E-state index in [4.69, 9.17) is 5.11 Å². The van der Waals surface area contributed by atoms with Crippen LogP contribution in [0, 0.1) is 6.92 Å². The van der Waals surface area contributed by atoms with Crippen molar-refractivity contribution in [2.75, 3.05) is 6.61 Å². The monoisotopic (exact) mass is 462 g/mol. The summed E-state index contributed by atoms with van der Waals surface area (Å²) in [6.45, 7) is 1.50. The third-order valence-corrected chi connectivity index (χ3v) is 6.13. The number of aromatic amines is 2. The molecule has 0 radical (unpaired) electrons. The van der Waals surface area contributed by atoms with Crippen molar-refractivity contribution in [2.45, 2.75) is 38.1 Å². The molecule has 0 fully saturated rings. The zero-order valence-electron chi connectivity index (χ0n) is 17.0. The van der Waals surface area contributed by atoms with E-state index < -0.39 is 36.2 Å². The van der Waals surface area contributed by atoms with Gasteiger partial charge in [-0.05, 0) is 37.5 Å². The van der Waals surface area contributed by atoms with Crippen molar-refractivity contribution in [1.82, 2.24) is 20.3 Å². The predicted molar refractivity (Wildman–Crippen MR) is 115 cm³/mol. The molecule has 0 spiro atoms. The third kappa shape index (κ3) is 5.03. The molecule has 11 nitrogen and oxygen atoms in total. The number of carbonyl (C=O) groups is 3. The second-order valence-electron chi connectivity index (χ2n) is 7.18. The van der Waals surface area contributed by atoms with Crippen LogP contribution in [-0.2, 0) is 9.59 Å². The maximum absolute atomic E-state index is 12.6. The van der Waals surface area contributed by atoms with E-state index in [1.807, 2.05) is 0 Å². The van der Waals surface area contributed by atoms with E-state index in [2.05, 4.69) is 20.3 Å². The van der Waals surface area contributed by atoms with Gasteiger partial charge in [0.05, 0.1) is 10.3 Å². The Morgan fingerprint density at radius 2 is 1.97 bits per heavy atom. The molecule has 3 aromatic heterocycles. The van der Waals surface area contributed by atoms with Gasteiger partial charge < -0.3 is 30.6 Å². The Bertz CT molecular complexity index is 1210. The molecule has 3 heterocycles. The molecule has 3 rings (SSSR count). The Kier molecular flexibility index (Phi) is 7.05. The van der Waals surface area contributed by atoms with Crippen molar-refractivity contribution < 1.29 is 29.7 Å². The fraction of sp³-hybridized carbons (Fsp3) is 0.350. The number of hydrogen-bond acceptors (Lipinski definition) is 7. The normalized spacial score (nSPS) is 13.1. The van der Waals surface area contributed by atoms with Crippen molar-refractivity contribution in [3.05, 3.63) is 49.8 Å². The number of nitrogens with zero attached hydrogens (tertiary/aromatic N) is 1. The van der Waals surface area contributed by atoms with Crippen LogP contribution in [0.15, 0.2) is 23.1 Å². The van der Waals surface area contributed by atoms with E-state index in [1.165, 1.54) is 6.07 Å². The highest BCUT2D eigenvalue weighted by Gasteiger charge is 2.25. The summed E-state index contributed by atoms with van der Waals surface area (Å²) in [7, 11) is 0. The Labute approximate surface area is 185 Å². The number of aromatic nitrogens is 3. The summed E-state index contributed by atoms with van der Waals surface area (Å²) in [5.41, 5.74) is 0.729. The van der Waals surface area contributed by atoms with Gasteiger partial charge in [0.2, 0.25) is 0 Å². The topological polar surface area (TPSA) is 185 Å². The number of carboxylic acids is 2. The quantitative estimate of drug-likeness (QED) is 0.259. The third-order valence-electron chi connectivity index (χ3n) is 4.93. The number of amides is 1. The van der Waals surface area contributed by atoms with Crippen LogP contribution in [0.5, 0.6) is 0 Å². The molecule has 32 heavy (non-hydrogen) atoms. The van der Waals surface area contributed by atoms with Crippen molar-refractivity contribution in [2.24, 2.45) is 0 Å². The first-order valence-corrected chi connectivity index (χ1v) is 10.6.